The fraction of sp³-hybridized carbons (Fsp3) is 0.208. The SMILES string of the molecule is C=C/C=C(/F)C(=C)C1(c2ccc(F)cc2F)Oc2cc(F)c(C(=O)N3CCOCC3)cc2O1. The van der Waals surface area contributed by atoms with Crippen molar-refractivity contribution in [1.82, 2.24) is 4.90 Å². The first-order valence-electron chi connectivity index (χ1n) is 9.99. The van der Waals surface area contributed by atoms with Crippen LogP contribution < -0.4 is 9.47 Å². The minimum atomic E-state index is -2.31. The monoisotopic (exact) mass is 461 g/mol. The van der Waals surface area contributed by atoms with Crippen molar-refractivity contribution in [2.24, 2.45) is 0 Å². The Hall–Kier alpha value is -3.59. The molecule has 0 saturated carbocycles. The smallest absolute Gasteiger partial charge is 0.310 e. The second kappa shape index (κ2) is 8.74. The highest BCUT2D eigenvalue weighted by Gasteiger charge is 2.50. The van der Waals surface area contributed by atoms with Crippen LogP contribution in [0.25, 0.3) is 0 Å². The zero-order chi connectivity index (χ0) is 23.8. The number of nitrogens with zero attached hydrogens (tertiary/aromatic N) is 1. The quantitative estimate of drug-likeness (QED) is 0.474. The number of benzene rings is 2. The van der Waals surface area contributed by atoms with Crippen molar-refractivity contribution in [3.8, 4) is 11.5 Å². The van der Waals surface area contributed by atoms with Gasteiger partial charge in [0.2, 0.25) is 0 Å². The molecule has 172 valence electrons. The molecule has 1 amide bonds. The summed E-state index contributed by atoms with van der Waals surface area (Å²) in [5.41, 5.74) is -1.16. The van der Waals surface area contributed by atoms with Gasteiger partial charge in [0.15, 0.2) is 11.5 Å². The van der Waals surface area contributed by atoms with Gasteiger partial charge >= 0.3 is 5.79 Å². The minimum Gasteiger partial charge on any atom is -0.440 e. The predicted molar refractivity (Wildman–Crippen MR) is 111 cm³/mol. The van der Waals surface area contributed by atoms with E-state index in [2.05, 4.69) is 13.2 Å². The number of morpholine rings is 1. The lowest BCUT2D eigenvalue weighted by Crippen LogP contribution is -2.41. The number of allylic oxidation sites excluding steroid dienone is 2. The minimum absolute atomic E-state index is 0.135. The van der Waals surface area contributed by atoms with Crippen LogP contribution in [0, 0.1) is 17.5 Å². The van der Waals surface area contributed by atoms with Gasteiger partial charge in [-0.2, -0.15) is 0 Å². The van der Waals surface area contributed by atoms with E-state index < -0.39 is 40.5 Å². The maximum Gasteiger partial charge on any atom is 0.310 e. The highest BCUT2D eigenvalue weighted by atomic mass is 19.1. The average Bonchev–Trinajstić information content (AvgIpc) is 3.17. The molecule has 33 heavy (non-hydrogen) atoms. The number of hydrogen-bond acceptors (Lipinski definition) is 4. The summed E-state index contributed by atoms with van der Waals surface area (Å²) in [5.74, 6) is -7.07. The Kier molecular flexibility index (Phi) is 5.99. The van der Waals surface area contributed by atoms with Gasteiger partial charge in [-0.15, -0.1) is 0 Å². The summed E-state index contributed by atoms with van der Waals surface area (Å²) < 4.78 is 74.6. The number of carbonyl (C=O) groups excluding carboxylic acids is 1. The van der Waals surface area contributed by atoms with Gasteiger partial charge in [0.1, 0.15) is 23.3 Å². The molecular weight excluding hydrogens is 442 g/mol. The lowest BCUT2D eigenvalue weighted by Gasteiger charge is -2.29. The van der Waals surface area contributed by atoms with Crippen LogP contribution >= 0.6 is 0 Å². The van der Waals surface area contributed by atoms with Crippen LogP contribution in [0.4, 0.5) is 17.6 Å². The summed E-state index contributed by atoms with van der Waals surface area (Å²) in [6.45, 7) is 8.22. The van der Waals surface area contributed by atoms with Crippen LogP contribution in [0.3, 0.4) is 0 Å². The van der Waals surface area contributed by atoms with Gasteiger partial charge in [-0.25, -0.2) is 17.6 Å². The Labute approximate surface area is 187 Å². The predicted octanol–water partition coefficient (Wildman–Crippen LogP) is 4.80. The third kappa shape index (κ3) is 4.00. The van der Waals surface area contributed by atoms with Crippen LogP contribution in [-0.4, -0.2) is 37.1 Å². The third-order valence-corrected chi connectivity index (χ3v) is 5.30. The van der Waals surface area contributed by atoms with E-state index in [4.69, 9.17) is 14.2 Å². The summed E-state index contributed by atoms with van der Waals surface area (Å²) in [4.78, 5) is 14.2. The van der Waals surface area contributed by atoms with Crippen LogP contribution in [-0.2, 0) is 10.5 Å². The lowest BCUT2D eigenvalue weighted by atomic mass is 9.96. The molecule has 2 aliphatic rings. The van der Waals surface area contributed by atoms with Crippen LogP contribution in [0.1, 0.15) is 15.9 Å². The first-order valence-corrected chi connectivity index (χ1v) is 9.99. The van der Waals surface area contributed by atoms with Gasteiger partial charge in [0, 0.05) is 25.2 Å². The average molecular weight is 461 g/mol. The summed E-state index contributed by atoms with van der Waals surface area (Å²) in [6, 6.07) is 4.52. The second-order valence-corrected chi connectivity index (χ2v) is 7.36. The first-order chi connectivity index (χ1) is 15.8. The fourth-order valence-corrected chi connectivity index (χ4v) is 3.64. The molecule has 0 radical (unpaired) electrons. The number of fused-ring (bicyclic) bond motifs is 1. The second-order valence-electron chi connectivity index (χ2n) is 7.36. The largest absolute Gasteiger partial charge is 0.440 e. The van der Waals surface area contributed by atoms with Crippen molar-refractivity contribution in [1.29, 1.82) is 0 Å². The number of amides is 1. The molecule has 2 aromatic carbocycles. The fourth-order valence-electron chi connectivity index (χ4n) is 3.64. The van der Waals surface area contributed by atoms with E-state index in [1.54, 1.807) is 0 Å². The van der Waals surface area contributed by atoms with Gasteiger partial charge in [-0.05, 0) is 24.3 Å². The molecule has 1 unspecified atom stereocenters. The molecule has 0 aliphatic carbocycles. The highest BCUT2D eigenvalue weighted by Crippen LogP contribution is 2.50. The highest BCUT2D eigenvalue weighted by molar-refractivity contribution is 5.95. The number of rotatable bonds is 5. The molecule has 1 saturated heterocycles. The van der Waals surface area contributed by atoms with Gasteiger partial charge in [-0.1, -0.05) is 19.2 Å². The van der Waals surface area contributed by atoms with E-state index in [0.717, 1.165) is 36.4 Å². The number of hydrogen-bond donors (Lipinski definition) is 0. The van der Waals surface area contributed by atoms with Crippen molar-refractivity contribution in [2.75, 3.05) is 26.3 Å². The van der Waals surface area contributed by atoms with E-state index in [9.17, 15) is 22.4 Å². The Morgan fingerprint density at radius 1 is 1.03 bits per heavy atom. The summed E-state index contributed by atoms with van der Waals surface area (Å²) in [5, 5.41) is 0. The molecule has 4 rings (SSSR count). The van der Waals surface area contributed by atoms with E-state index in [1.165, 1.54) is 4.90 Å². The van der Waals surface area contributed by atoms with Crippen molar-refractivity contribution in [3.63, 3.8) is 0 Å². The zero-order valence-corrected chi connectivity index (χ0v) is 17.4. The van der Waals surface area contributed by atoms with Gasteiger partial charge in [-0.3, -0.25) is 4.79 Å². The van der Waals surface area contributed by atoms with Gasteiger partial charge in [0.05, 0.1) is 29.9 Å². The van der Waals surface area contributed by atoms with Gasteiger partial charge < -0.3 is 19.1 Å². The maximum atomic E-state index is 14.9. The Morgan fingerprint density at radius 3 is 2.33 bits per heavy atom. The third-order valence-electron chi connectivity index (χ3n) is 5.30. The maximum absolute atomic E-state index is 14.9. The standard InChI is InChI=1S/C24H19F4NO4/c1-3-4-18(26)14(2)24(17-6-5-15(25)11-20(17)28)32-21-12-16(19(27)13-22(21)33-24)23(30)29-7-9-31-10-8-29/h3-6,11-13H,1-2,7-10H2/b18-4+. The molecule has 2 heterocycles. The molecule has 0 spiro atoms. The zero-order valence-electron chi connectivity index (χ0n) is 17.4. The molecule has 2 aromatic rings. The molecule has 0 bridgehead atoms. The molecule has 1 atom stereocenters. The number of carbonyl (C=O) groups is 1. The molecule has 9 heteroatoms. The Bertz CT molecular complexity index is 1170. The topological polar surface area (TPSA) is 48.0 Å². The Morgan fingerprint density at radius 2 is 1.70 bits per heavy atom. The normalized spacial score (nSPS) is 20.0. The van der Waals surface area contributed by atoms with E-state index in [0.29, 0.717) is 19.3 Å². The molecule has 5 nitrogen and oxygen atoms in total. The van der Waals surface area contributed by atoms with Crippen LogP contribution in [0.2, 0.25) is 0 Å². The molecular formula is C24H19F4NO4. The molecule has 1 fully saturated rings. The molecule has 2 aliphatic heterocycles. The summed E-state index contributed by atoms with van der Waals surface area (Å²) in [6.07, 6.45) is 2.09. The van der Waals surface area contributed by atoms with E-state index in [-0.39, 0.29) is 35.7 Å². The van der Waals surface area contributed by atoms with Crippen molar-refractivity contribution in [3.05, 3.63) is 95.6 Å². The van der Waals surface area contributed by atoms with Crippen LogP contribution in [0.15, 0.2) is 67.0 Å². The first kappa shape index (κ1) is 22.6. The van der Waals surface area contributed by atoms with Crippen molar-refractivity contribution < 1.29 is 36.6 Å². The Balaban J connectivity index is 1.79. The summed E-state index contributed by atoms with van der Waals surface area (Å²) in [7, 11) is 0. The van der Waals surface area contributed by atoms with Gasteiger partial charge in [0.25, 0.3) is 5.91 Å². The van der Waals surface area contributed by atoms with Crippen molar-refractivity contribution >= 4 is 5.91 Å². The summed E-state index contributed by atoms with van der Waals surface area (Å²) >= 11 is 0. The van der Waals surface area contributed by atoms with Crippen LogP contribution in [0.5, 0.6) is 11.5 Å². The van der Waals surface area contributed by atoms with E-state index in [1.807, 2.05) is 0 Å². The molecule has 0 aromatic heterocycles. The van der Waals surface area contributed by atoms with E-state index >= 15 is 0 Å². The lowest BCUT2D eigenvalue weighted by molar-refractivity contribution is -0.0522. The number of halogens is 4. The number of ether oxygens (including phenoxy) is 3. The molecule has 0 N–H and O–H groups in total. The van der Waals surface area contributed by atoms with Crippen molar-refractivity contribution in [2.45, 2.75) is 5.79 Å².